The van der Waals surface area contributed by atoms with E-state index in [0.717, 1.165) is 23.3 Å². The Hall–Kier alpha value is -2.86. The molecule has 0 aliphatic heterocycles. The summed E-state index contributed by atoms with van der Waals surface area (Å²) in [6.45, 7) is 9.15. The van der Waals surface area contributed by atoms with Crippen LogP contribution < -0.4 is 10.1 Å². The highest BCUT2D eigenvalue weighted by atomic mass is 16.5. The Balaban J connectivity index is 2.24. The van der Waals surface area contributed by atoms with E-state index in [4.69, 9.17) is 9.47 Å². The molecule has 0 bridgehead atoms. The quantitative estimate of drug-likeness (QED) is 0.460. The summed E-state index contributed by atoms with van der Waals surface area (Å²) >= 11 is 0. The van der Waals surface area contributed by atoms with Gasteiger partial charge in [0.05, 0.1) is 13.2 Å². The molecule has 0 fully saturated rings. The molecule has 0 heterocycles. The average molecular weight is 455 g/mol. The fourth-order valence-corrected chi connectivity index (χ4v) is 3.50. The molecule has 0 saturated heterocycles. The second-order valence-corrected chi connectivity index (χ2v) is 8.74. The second-order valence-electron chi connectivity index (χ2n) is 8.74. The molecule has 1 N–H and O–H groups in total. The van der Waals surface area contributed by atoms with Crippen LogP contribution in [0.2, 0.25) is 0 Å². The van der Waals surface area contributed by atoms with E-state index in [2.05, 4.69) is 5.32 Å². The van der Waals surface area contributed by atoms with Crippen LogP contribution in [0.3, 0.4) is 0 Å². The lowest BCUT2D eigenvalue weighted by atomic mass is 10.0. The van der Waals surface area contributed by atoms with Crippen molar-refractivity contribution in [2.45, 2.75) is 59.2 Å². The fourth-order valence-electron chi connectivity index (χ4n) is 3.50. The number of methoxy groups -OCH3 is 1. The number of nitrogens with one attached hydrogen (secondary N) is 1. The molecule has 0 aromatic heterocycles. The third-order valence-corrected chi connectivity index (χ3v) is 5.31. The normalized spacial score (nSPS) is 12.0. The molecule has 1 atom stereocenters. The minimum Gasteiger partial charge on any atom is -0.497 e. The van der Waals surface area contributed by atoms with Crippen LogP contribution in [0.1, 0.15) is 45.2 Å². The van der Waals surface area contributed by atoms with E-state index in [1.807, 2.05) is 82.3 Å². The van der Waals surface area contributed by atoms with Crippen molar-refractivity contribution in [1.29, 1.82) is 0 Å². The van der Waals surface area contributed by atoms with E-state index < -0.39 is 6.04 Å². The van der Waals surface area contributed by atoms with Gasteiger partial charge >= 0.3 is 0 Å². The molecule has 0 aliphatic carbocycles. The van der Waals surface area contributed by atoms with Crippen LogP contribution in [0.25, 0.3) is 0 Å². The number of nitrogens with zero attached hydrogens (tertiary/aromatic N) is 1. The number of rotatable bonds is 13. The van der Waals surface area contributed by atoms with Gasteiger partial charge < -0.3 is 19.7 Å². The summed E-state index contributed by atoms with van der Waals surface area (Å²) in [5, 5.41) is 3.02. The zero-order chi connectivity index (χ0) is 24.2. The number of ether oxygens (including phenoxy) is 2. The molecule has 6 heteroatoms. The Morgan fingerprint density at radius 3 is 2.18 bits per heavy atom. The molecule has 0 aliphatic rings. The Bertz CT molecular complexity index is 850. The summed E-state index contributed by atoms with van der Waals surface area (Å²) in [5.41, 5.74) is 1.96. The number of hydrogen-bond acceptors (Lipinski definition) is 4. The molecule has 0 unspecified atom stereocenters. The summed E-state index contributed by atoms with van der Waals surface area (Å²) in [6, 6.07) is 16.8. The van der Waals surface area contributed by atoms with Gasteiger partial charge in [-0.3, -0.25) is 9.59 Å². The van der Waals surface area contributed by atoms with E-state index >= 15 is 0 Å². The Kier molecular flexibility index (Phi) is 10.9. The van der Waals surface area contributed by atoms with E-state index in [1.54, 1.807) is 12.0 Å². The highest BCUT2D eigenvalue weighted by Gasteiger charge is 2.31. The van der Waals surface area contributed by atoms with Gasteiger partial charge in [-0.1, -0.05) is 56.3 Å². The van der Waals surface area contributed by atoms with Gasteiger partial charge in [0.1, 0.15) is 11.8 Å². The predicted molar refractivity (Wildman–Crippen MR) is 131 cm³/mol. The van der Waals surface area contributed by atoms with Crippen molar-refractivity contribution in [2.75, 3.05) is 20.3 Å². The molecule has 180 valence electrons. The number of benzene rings is 2. The third-order valence-electron chi connectivity index (χ3n) is 5.31. The predicted octanol–water partition coefficient (Wildman–Crippen LogP) is 4.22. The van der Waals surface area contributed by atoms with Crippen LogP contribution in [0, 0.1) is 5.92 Å². The van der Waals surface area contributed by atoms with Crippen molar-refractivity contribution in [3.63, 3.8) is 0 Å². The van der Waals surface area contributed by atoms with E-state index in [9.17, 15) is 9.59 Å². The Morgan fingerprint density at radius 2 is 1.61 bits per heavy atom. The van der Waals surface area contributed by atoms with Crippen LogP contribution in [0.4, 0.5) is 0 Å². The molecule has 2 rings (SSSR count). The first-order valence-corrected chi connectivity index (χ1v) is 11.7. The minimum atomic E-state index is -0.615. The van der Waals surface area contributed by atoms with Gasteiger partial charge in [-0.15, -0.1) is 0 Å². The van der Waals surface area contributed by atoms with Crippen LogP contribution in [-0.4, -0.2) is 49.1 Å². The van der Waals surface area contributed by atoms with E-state index in [1.165, 1.54) is 0 Å². The number of hydrogen-bond donors (Lipinski definition) is 1. The smallest absolute Gasteiger partial charge is 0.243 e. The first kappa shape index (κ1) is 26.4. The lowest BCUT2D eigenvalue weighted by Crippen LogP contribution is -2.51. The molecular weight excluding hydrogens is 416 g/mol. The SMILES string of the molecule is COc1ccc(CN(C(=O)C(C)C)[C@H](Cc2ccccc2)C(=O)NCCCOC(C)C)cc1. The topological polar surface area (TPSA) is 67.9 Å². The molecule has 0 radical (unpaired) electrons. The molecular formula is C27H38N2O4. The Morgan fingerprint density at radius 1 is 0.939 bits per heavy atom. The maximum Gasteiger partial charge on any atom is 0.243 e. The number of amides is 2. The monoisotopic (exact) mass is 454 g/mol. The summed E-state index contributed by atoms with van der Waals surface area (Å²) < 4.78 is 10.8. The molecule has 2 aromatic rings. The zero-order valence-corrected chi connectivity index (χ0v) is 20.5. The van der Waals surface area contributed by atoms with Crippen LogP contribution in [-0.2, 0) is 27.3 Å². The molecule has 2 aromatic carbocycles. The molecule has 33 heavy (non-hydrogen) atoms. The van der Waals surface area contributed by atoms with E-state index in [-0.39, 0.29) is 23.8 Å². The summed E-state index contributed by atoms with van der Waals surface area (Å²) in [6.07, 6.45) is 1.33. The highest BCUT2D eigenvalue weighted by molar-refractivity contribution is 5.88. The van der Waals surface area contributed by atoms with Gasteiger partial charge in [-0.2, -0.15) is 0 Å². The van der Waals surface area contributed by atoms with Gasteiger partial charge in [-0.25, -0.2) is 0 Å². The Labute approximate surface area is 198 Å². The molecule has 0 spiro atoms. The van der Waals surface area contributed by atoms with Crippen LogP contribution >= 0.6 is 0 Å². The van der Waals surface area contributed by atoms with Crippen LogP contribution in [0.15, 0.2) is 54.6 Å². The molecule has 2 amide bonds. The lowest BCUT2D eigenvalue weighted by Gasteiger charge is -2.33. The number of carbonyl (C=O) groups is 2. The van der Waals surface area contributed by atoms with Crippen molar-refractivity contribution in [1.82, 2.24) is 10.2 Å². The summed E-state index contributed by atoms with van der Waals surface area (Å²) in [5.74, 6) is 0.326. The van der Waals surface area contributed by atoms with E-state index in [0.29, 0.717) is 26.1 Å². The first-order chi connectivity index (χ1) is 15.8. The van der Waals surface area contributed by atoms with Crippen LogP contribution in [0.5, 0.6) is 5.75 Å². The van der Waals surface area contributed by atoms with Crippen molar-refractivity contribution in [3.05, 3.63) is 65.7 Å². The highest BCUT2D eigenvalue weighted by Crippen LogP contribution is 2.19. The summed E-state index contributed by atoms with van der Waals surface area (Å²) in [7, 11) is 1.62. The van der Waals surface area contributed by atoms with Crippen molar-refractivity contribution in [2.24, 2.45) is 5.92 Å². The van der Waals surface area contributed by atoms with Crippen molar-refractivity contribution < 1.29 is 19.1 Å². The van der Waals surface area contributed by atoms with Gasteiger partial charge in [0.15, 0.2) is 0 Å². The summed E-state index contributed by atoms with van der Waals surface area (Å²) in [4.78, 5) is 28.3. The second kappa shape index (κ2) is 13.6. The third kappa shape index (κ3) is 8.89. The minimum absolute atomic E-state index is 0.0509. The lowest BCUT2D eigenvalue weighted by molar-refractivity contribution is -0.143. The standard InChI is InChI=1S/C27H38N2O4/c1-20(2)27(31)29(19-23-12-14-24(32-5)15-13-23)25(18-22-10-7-6-8-11-22)26(30)28-16-9-17-33-21(3)4/h6-8,10-15,20-21,25H,9,16-19H2,1-5H3,(H,28,30)/t25-/m1/s1. The van der Waals surface area contributed by atoms with Gasteiger partial charge in [0, 0.05) is 32.0 Å². The van der Waals surface area contributed by atoms with Crippen molar-refractivity contribution in [3.8, 4) is 5.75 Å². The fraction of sp³-hybridized carbons (Fsp3) is 0.481. The van der Waals surface area contributed by atoms with Gasteiger partial charge in [0.2, 0.25) is 11.8 Å². The molecule has 0 saturated carbocycles. The largest absolute Gasteiger partial charge is 0.497 e. The first-order valence-electron chi connectivity index (χ1n) is 11.7. The zero-order valence-electron chi connectivity index (χ0n) is 20.5. The maximum absolute atomic E-state index is 13.3. The van der Waals surface area contributed by atoms with Crippen molar-refractivity contribution >= 4 is 11.8 Å². The van der Waals surface area contributed by atoms with Gasteiger partial charge in [0.25, 0.3) is 0 Å². The molecule has 6 nitrogen and oxygen atoms in total. The maximum atomic E-state index is 13.3. The average Bonchev–Trinajstić information content (AvgIpc) is 2.81. The number of carbonyl (C=O) groups excluding carboxylic acids is 2. The van der Waals surface area contributed by atoms with Gasteiger partial charge in [-0.05, 0) is 43.5 Å².